The number of hydrogen-bond donors (Lipinski definition) is 2. The van der Waals surface area contributed by atoms with Gasteiger partial charge < -0.3 is 10.7 Å². The lowest BCUT2D eigenvalue weighted by Gasteiger charge is -2.21. The molecule has 3 rings (SSSR count). The molecule has 1 amide bonds. The van der Waals surface area contributed by atoms with Crippen molar-refractivity contribution in [2.75, 3.05) is 0 Å². The van der Waals surface area contributed by atoms with Gasteiger partial charge in [-0.3, -0.25) is 4.79 Å². The van der Waals surface area contributed by atoms with E-state index >= 15 is 0 Å². The fourth-order valence-corrected chi connectivity index (χ4v) is 3.81. The first-order valence-corrected chi connectivity index (χ1v) is 10.3. The summed E-state index contributed by atoms with van der Waals surface area (Å²) < 4.78 is 0. The summed E-state index contributed by atoms with van der Waals surface area (Å²) in [6, 6.07) is 14.3. The van der Waals surface area contributed by atoms with Crippen LogP contribution in [0.3, 0.4) is 0 Å². The van der Waals surface area contributed by atoms with Crippen molar-refractivity contribution in [1.82, 2.24) is 10.7 Å². The molecule has 0 aliphatic carbocycles. The number of nitriles is 1. The Morgan fingerprint density at radius 1 is 1.21 bits per heavy atom. The topological polar surface area (TPSA) is 77.3 Å². The summed E-state index contributed by atoms with van der Waals surface area (Å²) in [4.78, 5) is 12.4. The maximum atomic E-state index is 12.4. The lowest BCUT2D eigenvalue weighted by Crippen LogP contribution is -2.33. The van der Waals surface area contributed by atoms with Gasteiger partial charge in [0.15, 0.2) is 0 Å². The third-order valence-corrected chi connectivity index (χ3v) is 5.47. The summed E-state index contributed by atoms with van der Waals surface area (Å²) in [6.45, 7) is 0. The highest BCUT2D eigenvalue weighted by Gasteiger charge is 2.29. The van der Waals surface area contributed by atoms with Gasteiger partial charge in [-0.15, -0.1) is 0 Å². The van der Waals surface area contributed by atoms with Crippen LogP contribution < -0.4 is 10.7 Å². The van der Waals surface area contributed by atoms with Crippen molar-refractivity contribution in [3.63, 3.8) is 0 Å². The van der Waals surface area contributed by atoms with Crippen LogP contribution in [-0.4, -0.2) is 11.6 Å². The van der Waals surface area contributed by atoms with E-state index in [1.165, 1.54) is 0 Å². The molecule has 2 N–H and O–H groups in total. The van der Waals surface area contributed by atoms with Gasteiger partial charge in [-0.25, -0.2) is 0 Å². The van der Waals surface area contributed by atoms with Gasteiger partial charge in [0.1, 0.15) is 0 Å². The Bertz CT molecular complexity index is 953. The lowest BCUT2D eigenvalue weighted by atomic mass is 9.95. The van der Waals surface area contributed by atoms with Gasteiger partial charge in [0, 0.05) is 34.3 Å². The van der Waals surface area contributed by atoms with Crippen LogP contribution in [0.5, 0.6) is 0 Å². The molecule has 29 heavy (non-hydrogen) atoms. The van der Waals surface area contributed by atoms with E-state index in [2.05, 4.69) is 15.8 Å². The maximum Gasteiger partial charge on any atom is 0.220 e. The van der Waals surface area contributed by atoms with E-state index in [0.717, 1.165) is 16.8 Å². The molecule has 5 nitrogen and oxygen atoms in total. The highest BCUT2D eigenvalue weighted by atomic mass is 35.5. The van der Waals surface area contributed by atoms with Crippen LogP contribution in [0.4, 0.5) is 0 Å². The number of unbranched alkanes of at least 4 members (excludes halogenated alkanes) is 1. The molecule has 0 fully saturated rings. The van der Waals surface area contributed by atoms with Crippen molar-refractivity contribution >= 4 is 46.4 Å². The quantitative estimate of drug-likeness (QED) is 0.541. The molecule has 1 aliphatic heterocycles. The first kappa shape index (κ1) is 21.4. The number of hydrogen-bond acceptors (Lipinski definition) is 4. The van der Waals surface area contributed by atoms with Gasteiger partial charge in [0.25, 0.3) is 0 Å². The number of rotatable bonds is 7. The number of nitrogens with one attached hydrogen (secondary N) is 2. The Morgan fingerprint density at radius 3 is 2.62 bits per heavy atom. The second-order valence-electron chi connectivity index (χ2n) is 6.72. The summed E-state index contributed by atoms with van der Waals surface area (Å²) in [6.07, 6.45) is 1.70. The zero-order chi connectivity index (χ0) is 20.8. The molecule has 2 aromatic rings. The Morgan fingerprint density at radius 2 is 1.93 bits per heavy atom. The Labute approximate surface area is 184 Å². The van der Waals surface area contributed by atoms with Crippen molar-refractivity contribution in [2.45, 2.75) is 37.8 Å². The standard InChI is InChI=1S/C21H19Cl3N4O/c22-14-6-4-13(5-7-14)18-12-19(28-27-18)21(26-20(29)3-1-2-10-25)16-9-8-15(23)11-17(16)24/h4-9,11,18,21,27H,1-3,12H2,(H,26,29). The van der Waals surface area contributed by atoms with E-state index < -0.39 is 6.04 Å². The smallest absolute Gasteiger partial charge is 0.220 e. The maximum absolute atomic E-state index is 12.4. The number of hydrazone groups is 1. The van der Waals surface area contributed by atoms with Gasteiger partial charge >= 0.3 is 0 Å². The number of benzene rings is 2. The van der Waals surface area contributed by atoms with Gasteiger partial charge in [0.05, 0.1) is 23.9 Å². The van der Waals surface area contributed by atoms with Crippen molar-refractivity contribution < 1.29 is 4.79 Å². The van der Waals surface area contributed by atoms with Crippen LogP contribution in [0, 0.1) is 11.3 Å². The summed E-state index contributed by atoms with van der Waals surface area (Å²) >= 11 is 18.4. The van der Waals surface area contributed by atoms with Crippen LogP contribution in [0.2, 0.25) is 15.1 Å². The number of carbonyl (C=O) groups excluding carboxylic acids is 1. The molecule has 0 radical (unpaired) electrons. The van der Waals surface area contributed by atoms with Gasteiger partial charge in [0.2, 0.25) is 5.91 Å². The minimum absolute atomic E-state index is 0.0219. The predicted octanol–water partition coefficient (Wildman–Crippen LogP) is 5.59. The second-order valence-corrected chi connectivity index (χ2v) is 8.00. The summed E-state index contributed by atoms with van der Waals surface area (Å²) in [5.74, 6) is -0.158. The lowest BCUT2D eigenvalue weighted by molar-refractivity contribution is -0.121. The van der Waals surface area contributed by atoms with E-state index in [0.29, 0.717) is 34.3 Å². The summed E-state index contributed by atoms with van der Waals surface area (Å²) in [5, 5.41) is 17.8. The Hall–Kier alpha value is -2.26. The van der Waals surface area contributed by atoms with Gasteiger partial charge in [-0.2, -0.15) is 10.4 Å². The minimum Gasteiger partial charge on any atom is -0.344 e. The highest BCUT2D eigenvalue weighted by molar-refractivity contribution is 6.35. The fraction of sp³-hybridized carbons (Fsp3) is 0.286. The number of carbonyl (C=O) groups is 1. The molecule has 2 unspecified atom stereocenters. The third kappa shape index (κ3) is 5.63. The van der Waals surface area contributed by atoms with Gasteiger partial charge in [-0.05, 0) is 41.8 Å². The van der Waals surface area contributed by atoms with E-state index in [4.69, 9.17) is 40.1 Å². The molecule has 0 aromatic heterocycles. The van der Waals surface area contributed by atoms with E-state index in [-0.39, 0.29) is 18.4 Å². The zero-order valence-electron chi connectivity index (χ0n) is 15.5. The molecule has 2 atom stereocenters. The first-order chi connectivity index (χ1) is 14.0. The largest absolute Gasteiger partial charge is 0.344 e. The van der Waals surface area contributed by atoms with Gasteiger partial charge in [-0.1, -0.05) is 53.0 Å². The molecule has 0 saturated heterocycles. The number of halogens is 3. The monoisotopic (exact) mass is 448 g/mol. The molecule has 1 heterocycles. The van der Waals surface area contributed by atoms with Crippen LogP contribution in [0.25, 0.3) is 0 Å². The average molecular weight is 450 g/mol. The first-order valence-electron chi connectivity index (χ1n) is 9.16. The molecular weight excluding hydrogens is 431 g/mol. The molecule has 150 valence electrons. The molecule has 0 saturated carbocycles. The van der Waals surface area contributed by atoms with Crippen molar-refractivity contribution in [3.05, 3.63) is 68.7 Å². The van der Waals surface area contributed by atoms with Crippen LogP contribution in [-0.2, 0) is 4.79 Å². The average Bonchev–Trinajstić information content (AvgIpc) is 3.17. The summed E-state index contributed by atoms with van der Waals surface area (Å²) in [7, 11) is 0. The third-order valence-electron chi connectivity index (χ3n) is 4.65. The van der Waals surface area contributed by atoms with Crippen molar-refractivity contribution in [3.8, 4) is 6.07 Å². The molecular formula is C21H19Cl3N4O. The Kier molecular flexibility index (Phi) is 7.38. The van der Waals surface area contributed by atoms with Crippen LogP contribution >= 0.6 is 34.8 Å². The molecule has 0 bridgehead atoms. The van der Waals surface area contributed by atoms with Crippen molar-refractivity contribution in [1.29, 1.82) is 5.26 Å². The molecule has 8 heteroatoms. The molecule has 1 aliphatic rings. The summed E-state index contributed by atoms with van der Waals surface area (Å²) in [5.41, 5.74) is 5.67. The van der Waals surface area contributed by atoms with Crippen LogP contribution in [0.15, 0.2) is 47.6 Å². The van der Waals surface area contributed by atoms with Crippen molar-refractivity contribution in [2.24, 2.45) is 5.10 Å². The molecule has 0 spiro atoms. The number of nitrogens with zero attached hydrogens (tertiary/aromatic N) is 2. The van der Waals surface area contributed by atoms with Crippen LogP contribution in [0.1, 0.15) is 48.9 Å². The minimum atomic E-state index is -0.487. The SMILES string of the molecule is N#CCCCC(=O)NC(C1=NNC(c2ccc(Cl)cc2)C1)c1ccc(Cl)cc1Cl. The predicted molar refractivity (Wildman–Crippen MR) is 116 cm³/mol. The normalized spacial score (nSPS) is 16.5. The van der Waals surface area contributed by atoms with E-state index in [1.54, 1.807) is 18.2 Å². The van der Waals surface area contributed by atoms with E-state index in [9.17, 15) is 4.79 Å². The second kappa shape index (κ2) is 9.98. The highest BCUT2D eigenvalue weighted by Crippen LogP contribution is 2.32. The number of amides is 1. The fourth-order valence-electron chi connectivity index (χ4n) is 3.17. The Balaban J connectivity index is 1.80. The molecule has 2 aromatic carbocycles. The van der Waals surface area contributed by atoms with E-state index in [1.807, 2.05) is 30.3 Å². The zero-order valence-corrected chi connectivity index (χ0v) is 17.7.